The monoisotopic (exact) mass is 455 g/mol. The molecule has 0 aromatic heterocycles. The number of carbonyl (C=O) groups is 1. The molecule has 3 aromatic carbocycles. The molecule has 29 heavy (non-hydrogen) atoms. The van der Waals surface area contributed by atoms with Gasteiger partial charge < -0.3 is 4.74 Å². The molecule has 0 aliphatic rings. The van der Waals surface area contributed by atoms with Gasteiger partial charge in [0.1, 0.15) is 11.9 Å². The minimum atomic E-state index is -0.724. The van der Waals surface area contributed by atoms with Crippen LogP contribution in [-0.2, 0) is 22.6 Å². The largest absolute Gasteiger partial charge is 0.465 e. The summed E-state index contributed by atoms with van der Waals surface area (Å²) in [5.74, 6) is -0.794. The fraction of sp³-hybridized carbons (Fsp3) is 0.208. The SMILES string of the molecule is CCOC(=O)C(c1ccc(Br)c(F)c1)N(Cc1ccccc1)Cc1ccccc1. The number of hydrogen-bond donors (Lipinski definition) is 0. The Balaban J connectivity index is 2.02. The van der Waals surface area contributed by atoms with E-state index in [1.807, 2.05) is 65.6 Å². The lowest BCUT2D eigenvalue weighted by molar-refractivity contribution is -0.150. The van der Waals surface area contributed by atoms with Crippen LogP contribution in [0, 0.1) is 5.82 Å². The van der Waals surface area contributed by atoms with Crippen molar-refractivity contribution in [3.05, 3.63) is 106 Å². The maximum absolute atomic E-state index is 14.3. The molecule has 0 aliphatic heterocycles. The Morgan fingerprint density at radius 1 is 0.966 bits per heavy atom. The van der Waals surface area contributed by atoms with Gasteiger partial charge in [0.05, 0.1) is 11.1 Å². The van der Waals surface area contributed by atoms with Crippen molar-refractivity contribution in [2.45, 2.75) is 26.1 Å². The number of halogens is 2. The molecule has 0 radical (unpaired) electrons. The predicted molar refractivity (Wildman–Crippen MR) is 116 cm³/mol. The fourth-order valence-electron chi connectivity index (χ4n) is 3.27. The summed E-state index contributed by atoms with van der Waals surface area (Å²) in [5.41, 5.74) is 2.70. The molecule has 5 heteroatoms. The van der Waals surface area contributed by atoms with Gasteiger partial charge in [-0.25, -0.2) is 9.18 Å². The van der Waals surface area contributed by atoms with E-state index in [9.17, 15) is 9.18 Å². The van der Waals surface area contributed by atoms with E-state index in [4.69, 9.17) is 4.74 Å². The molecule has 3 nitrogen and oxygen atoms in total. The number of carbonyl (C=O) groups excluding carboxylic acids is 1. The van der Waals surface area contributed by atoms with E-state index in [0.29, 0.717) is 23.1 Å². The van der Waals surface area contributed by atoms with Gasteiger partial charge in [-0.1, -0.05) is 66.7 Å². The van der Waals surface area contributed by atoms with E-state index in [1.54, 1.807) is 19.1 Å². The van der Waals surface area contributed by atoms with Crippen molar-refractivity contribution in [3.8, 4) is 0 Å². The first-order chi connectivity index (χ1) is 14.1. The van der Waals surface area contributed by atoms with Gasteiger partial charge in [-0.2, -0.15) is 0 Å². The highest BCUT2D eigenvalue weighted by Gasteiger charge is 2.30. The van der Waals surface area contributed by atoms with Crippen LogP contribution < -0.4 is 0 Å². The average molecular weight is 456 g/mol. The Labute approximate surface area is 179 Å². The van der Waals surface area contributed by atoms with Crippen molar-refractivity contribution in [2.24, 2.45) is 0 Å². The molecule has 150 valence electrons. The van der Waals surface area contributed by atoms with Crippen molar-refractivity contribution >= 4 is 21.9 Å². The van der Waals surface area contributed by atoms with Gasteiger partial charge in [-0.3, -0.25) is 4.90 Å². The molecule has 0 N–H and O–H groups in total. The number of esters is 1. The molecule has 3 aromatic rings. The maximum Gasteiger partial charge on any atom is 0.328 e. The second kappa shape index (κ2) is 10.3. The van der Waals surface area contributed by atoms with Gasteiger partial charge in [0, 0.05) is 13.1 Å². The van der Waals surface area contributed by atoms with Gasteiger partial charge in [0.2, 0.25) is 0 Å². The Morgan fingerprint density at radius 2 is 1.52 bits per heavy atom. The molecule has 0 fully saturated rings. The third kappa shape index (κ3) is 5.75. The van der Waals surface area contributed by atoms with E-state index in [0.717, 1.165) is 11.1 Å². The number of rotatable bonds is 8. The van der Waals surface area contributed by atoms with Crippen molar-refractivity contribution in [2.75, 3.05) is 6.61 Å². The minimum Gasteiger partial charge on any atom is -0.465 e. The number of hydrogen-bond acceptors (Lipinski definition) is 3. The lowest BCUT2D eigenvalue weighted by Gasteiger charge is -2.31. The van der Waals surface area contributed by atoms with Crippen LogP contribution in [0.25, 0.3) is 0 Å². The van der Waals surface area contributed by atoms with E-state index in [-0.39, 0.29) is 12.6 Å². The second-order valence-electron chi connectivity index (χ2n) is 6.70. The van der Waals surface area contributed by atoms with E-state index >= 15 is 0 Å². The van der Waals surface area contributed by atoms with Crippen molar-refractivity contribution < 1.29 is 13.9 Å². The van der Waals surface area contributed by atoms with Crippen molar-refractivity contribution in [1.82, 2.24) is 4.90 Å². The molecule has 3 rings (SSSR count). The zero-order chi connectivity index (χ0) is 20.6. The molecule has 1 unspecified atom stereocenters. The second-order valence-corrected chi connectivity index (χ2v) is 7.56. The first-order valence-corrected chi connectivity index (χ1v) is 10.3. The molecule has 0 bridgehead atoms. The predicted octanol–water partition coefficient (Wildman–Crippen LogP) is 5.89. The van der Waals surface area contributed by atoms with Gasteiger partial charge >= 0.3 is 5.97 Å². The highest BCUT2D eigenvalue weighted by molar-refractivity contribution is 9.10. The van der Waals surface area contributed by atoms with Crippen LogP contribution >= 0.6 is 15.9 Å². The lowest BCUT2D eigenvalue weighted by Crippen LogP contribution is -2.34. The van der Waals surface area contributed by atoms with Gasteiger partial charge in [-0.05, 0) is 51.7 Å². The van der Waals surface area contributed by atoms with Crippen molar-refractivity contribution in [3.63, 3.8) is 0 Å². The van der Waals surface area contributed by atoms with Crippen LogP contribution in [0.1, 0.15) is 29.7 Å². The number of ether oxygens (including phenoxy) is 1. The number of benzene rings is 3. The third-order valence-corrected chi connectivity index (χ3v) is 5.23. The van der Waals surface area contributed by atoms with Crippen LogP contribution in [0.5, 0.6) is 0 Å². The Hall–Kier alpha value is -2.50. The average Bonchev–Trinajstić information content (AvgIpc) is 2.72. The van der Waals surface area contributed by atoms with E-state index in [2.05, 4.69) is 15.9 Å². The number of nitrogens with zero attached hydrogens (tertiary/aromatic N) is 1. The summed E-state index contributed by atoms with van der Waals surface area (Å²) in [6.07, 6.45) is 0. The smallest absolute Gasteiger partial charge is 0.328 e. The quantitative estimate of drug-likeness (QED) is 0.396. The van der Waals surface area contributed by atoms with Crippen LogP contribution in [0.2, 0.25) is 0 Å². The minimum absolute atomic E-state index is 0.263. The van der Waals surface area contributed by atoms with Gasteiger partial charge in [0.25, 0.3) is 0 Å². The van der Waals surface area contributed by atoms with Crippen LogP contribution in [-0.4, -0.2) is 17.5 Å². The molecule has 0 heterocycles. The highest BCUT2D eigenvalue weighted by Crippen LogP contribution is 2.29. The van der Waals surface area contributed by atoms with Crippen LogP contribution in [0.3, 0.4) is 0 Å². The van der Waals surface area contributed by atoms with Gasteiger partial charge in [0.15, 0.2) is 0 Å². The first-order valence-electron chi connectivity index (χ1n) is 9.52. The fourth-order valence-corrected chi connectivity index (χ4v) is 3.52. The zero-order valence-electron chi connectivity index (χ0n) is 16.2. The summed E-state index contributed by atoms with van der Waals surface area (Å²) in [4.78, 5) is 15.0. The standard InChI is InChI=1S/C24H23BrFNO2/c1-2-29-24(28)23(20-13-14-21(25)22(26)15-20)27(16-18-9-5-3-6-10-18)17-19-11-7-4-8-12-19/h3-15,23H,2,16-17H2,1H3. The highest BCUT2D eigenvalue weighted by atomic mass is 79.9. The third-order valence-electron chi connectivity index (χ3n) is 4.59. The van der Waals surface area contributed by atoms with Crippen LogP contribution in [0.15, 0.2) is 83.3 Å². The van der Waals surface area contributed by atoms with E-state index < -0.39 is 11.9 Å². The molecule has 0 saturated carbocycles. The molecule has 1 atom stereocenters. The molecule has 0 spiro atoms. The van der Waals surface area contributed by atoms with Gasteiger partial charge in [-0.15, -0.1) is 0 Å². The molecular weight excluding hydrogens is 433 g/mol. The summed E-state index contributed by atoms with van der Waals surface area (Å²) in [6.45, 7) is 3.09. The first kappa shape index (κ1) is 21.2. The summed E-state index contributed by atoms with van der Waals surface area (Å²) in [7, 11) is 0. The zero-order valence-corrected chi connectivity index (χ0v) is 17.8. The topological polar surface area (TPSA) is 29.5 Å². The summed E-state index contributed by atoms with van der Waals surface area (Å²) >= 11 is 3.19. The summed E-state index contributed by atoms with van der Waals surface area (Å²) < 4.78 is 20.0. The Kier molecular flexibility index (Phi) is 7.55. The maximum atomic E-state index is 14.3. The van der Waals surface area contributed by atoms with E-state index in [1.165, 1.54) is 6.07 Å². The summed E-state index contributed by atoms with van der Waals surface area (Å²) in [5, 5.41) is 0. The Morgan fingerprint density at radius 3 is 2.00 bits per heavy atom. The molecule has 0 amide bonds. The lowest BCUT2D eigenvalue weighted by atomic mass is 10.0. The van der Waals surface area contributed by atoms with Crippen molar-refractivity contribution in [1.29, 1.82) is 0 Å². The summed E-state index contributed by atoms with van der Waals surface area (Å²) in [6, 6.07) is 23.9. The molecule has 0 aliphatic carbocycles. The normalized spacial score (nSPS) is 12.0. The Bertz CT molecular complexity index is 893. The molecule has 0 saturated heterocycles. The van der Waals surface area contributed by atoms with Crippen LogP contribution in [0.4, 0.5) is 4.39 Å². The molecular formula is C24H23BrFNO2.